The minimum Gasteiger partial charge on any atom is -0.467 e. The third-order valence-corrected chi connectivity index (χ3v) is 5.21. The van der Waals surface area contributed by atoms with E-state index in [1.807, 2.05) is 32.0 Å². The first-order chi connectivity index (χ1) is 15.3. The van der Waals surface area contributed by atoms with Crippen molar-refractivity contribution in [2.24, 2.45) is 0 Å². The molecule has 3 aromatic rings. The highest BCUT2D eigenvalue weighted by Gasteiger charge is 2.39. The summed E-state index contributed by atoms with van der Waals surface area (Å²) < 4.78 is 5.35. The van der Waals surface area contributed by atoms with Gasteiger partial charge in [-0.15, -0.1) is 0 Å². The predicted molar refractivity (Wildman–Crippen MR) is 121 cm³/mol. The van der Waals surface area contributed by atoms with Crippen molar-refractivity contribution in [3.8, 4) is 0 Å². The number of rotatable bonds is 6. The number of furan rings is 1. The van der Waals surface area contributed by atoms with E-state index in [0.29, 0.717) is 17.0 Å². The molecule has 1 aromatic heterocycles. The molecule has 0 saturated carbocycles. The molecule has 7 nitrogen and oxygen atoms in total. The summed E-state index contributed by atoms with van der Waals surface area (Å²) in [5.41, 5.74) is 4.41. The normalized spacial score (nSPS) is 13.7. The van der Waals surface area contributed by atoms with Gasteiger partial charge in [-0.1, -0.05) is 24.3 Å². The molecule has 2 heterocycles. The second kappa shape index (κ2) is 8.55. The van der Waals surface area contributed by atoms with Gasteiger partial charge in [-0.05, 0) is 60.9 Å². The van der Waals surface area contributed by atoms with Crippen LogP contribution < -0.4 is 10.6 Å². The van der Waals surface area contributed by atoms with Crippen LogP contribution in [0.1, 0.15) is 29.4 Å². The molecule has 0 aliphatic carbocycles. The Morgan fingerprint density at radius 2 is 1.75 bits per heavy atom. The van der Waals surface area contributed by atoms with Crippen LogP contribution in [0.5, 0.6) is 0 Å². The van der Waals surface area contributed by atoms with Crippen molar-refractivity contribution in [3.05, 3.63) is 89.0 Å². The zero-order valence-electron chi connectivity index (χ0n) is 18.1. The number of hydrogen-bond acceptors (Lipinski definition) is 5. The first-order valence-corrected chi connectivity index (χ1v) is 10.2. The van der Waals surface area contributed by atoms with E-state index < -0.39 is 11.8 Å². The van der Waals surface area contributed by atoms with Crippen molar-refractivity contribution in [1.29, 1.82) is 0 Å². The lowest BCUT2D eigenvalue weighted by atomic mass is 10.0. The van der Waals surface area contributed by atoms with Crippen molar-refractivity contribution in [3.63, 3.8) is 0 Å². The van der Waals surface area contributed by atoms with Gasteiger partial charge in [0, 0.05) is 18.3 Å². The predicted octanol–water partition coefficient (Wildman–Crippen LogP) is 4.25. The Morgan fingerprint density at radius 1 is 1.00 bits per heavy atom. The molecule has 162 valence electrons. The van der Waals surface area contributed by atoms with Crippen molar-refractivity contribution < 1.29 is 18.8 Å². The van der Waals surface area contributed by atoms with Gasteiger partial charge in [-0.25, -0.2) is 0 Å². The molecule has 3 amide bonds. The third kappa shape index (κ3) is 4.18. The highest BCUT2D eigenvalue weighted by atomic mass is 16.3. The summed E-state index contributed by atoms with van der Waals surface area (Å²) >= 11 is 0. The molecule has 0 atom stereocenters. The van der Waals surface area contributed by atoms with Crippen LogP contribution in [0.4, 0.5) is 11.4 Å². The molecule has 7 heteroatoms. The van der Waals surface area contributed by atoms with Crippen LogP contribution in [0.2, 0.25) is 0 Å². The highest BCUT2D eigenvalue weighted by molar-refractivity contribution is 6.36. The summed E-state index contributed by atoms with van der Waals surface area (Å²) in [5.74, 6) is -0.509. The molecular weight excluding hydrogens is 406 g/mol. The zero-order valence-corrected chi connectivity index (χ0v) is 18.1. The lowest BCUT2D eigenvalue weighted by Gasteiger charge is -2.14. The molecule has 2 aromatic carbocycles. The number of amides is 3. The molecule has 32 heavy (non-hydrogen) atoms. The summed E-state index contributed by atoms with van der Waals surface area (Å²) in [5, 5.41) is 5.90. The number of nitrogens with zero attached hydrogens (tertiary/aromatic N) is 1. The average Bonchev–Trinajstić information content (AvgIpc) is 3.34. The van der Waals surface area contributed by atoms with Crippen molar-refractivity contribution in [2.75, 3.05) is 10.6 Å². The maximum absolute atomic E-state index is 13.4. The highest BCUT2D eigenvalue weighted by Crippen LogP contribution is 2.33. The van der Waals surface area contributed by atoms with Gasteiger partial charge in [-0.2, -0.15) is 0 Å². The zero-order chi connectivity index (χ0) is 22.8. The Balaban J connectivity index is 1.75. The molecule has 1 aliphatic rings. The van der Waals surface area contributed by atoms with E-state index in [9.17, 15) is 14.4 Å². The number of benzene rings is 2. The molecule has 0 bridgehead atoms. The minimum absolute atomic E-state index is 0.0378. The third-order valence-electron chi connectivity index (χ3n) is 5.21. The quantitative estimate of drug-likeness (QED) is 0.572. The first kappa shape index (κ1) is 21.1. The van der Waals surface area contributed by atoms with E-state index in [0.717, 1.165) is 16.8 Å². The summed E-state index contributed by atoms with van der Waals surface area (Å²) in [6.07, 6.45) is 1.50. The number of imide groups is 1. The number of carbonyl (C=O) groups is 3. The standard InChI is InChI=1S/C25H23N3O4/c1-15-6-7-16(2)21(13-15)27-23-22(18-8-10-19(11-9-18)26-17(3)29)24(30)28(25(23)31)14-20-5-4-12-32-20/h4-13,27H,14H2,1-3H3,(H,26,29). The second-order valence-corrected chi connectivity index (χ2v) is 7.73. The molecule has 0 saturated heterocycles. The Bertz CT molecular complexity index is 1220. The van der Waals surface area contributed by atoms with Crippen molar-refractivity contribution in [2.45, 2.75) is 27.3 Å². The van der Waals surface area contributed by atoms with Crippen LogP contribution in [0.15, 0.2) is 71.0 Å². The lowest BCUT2D eigenvalue weighted by molar-refractivity contribution is -0.137. The fraction of sp³-hybridized carbons (Fsp3) is 0.160. The summed E-state index contributed by atoms with van der Waals surface area (Å²) in [7, 11) is 0. The van der Waals surface area contributed by atoms with Gasteiger partial charge in [0.05, 0.1) is 18.4 Å². The van der Waals surface area contributed by atoms with Crippen molar-refractivity contribution >= 4 is 34.7 Å². The smallest absolute Gasteiger partial charge is 0.278 e. The van der Waals surface area contributed by atoms with E-state index in [1.165, 1.54) is 18.1 Å². The fourth-order valence-corrected chi connectivity index (χ4v) is 3.59. The van der Waals surface area contributed by atoms with Crippen LogP contribution in [0, 0.1) is 13.8 Å². The van der Waals surface area contributed by atoms with Gasteiger partial charge < -0.3 is 15.1 Å². The number of anilines is 2. The van der Waals surface area contributed by atoms with Crippen LogP contribution in [-0.4, -0.2) is 22.6 Å². The topological polar surface area (TPSA) is 91.7 Å². The van der Waals surface area contributed by atoms with Gasteiger partial charge in [-0.3, -0.25) is 19.3 Å². The Morgan fingerprint density at radius 3 is 2.41 bits per heavy atom. The van der Waals surface area contributed by atoms with Gasteiger partial charge in [0.1, 0.15) is 11.5 Å². The van der Waals surface area contributed by atoms with Crippen molar-refractivity contribution in [1.82, 2.24) is 4.90 Å². The molecule has 0 spiro atoms. The number of carbonyl (C=O) groups excluding carboxylic acids is 3. The van der Waals surface area contributed by atoms with Crippen LogP contribution in [0.25, 0.3) is 5.57 Å². The van der Waals surface area contributed by atoms with E-state index in [-0.39, 0.29) is 23.7 Å². The molecule has 0 unspecified atom stereocenters. The molecule has 1 aliphatic heterocycles. The Hall–Kier alpha value is -4.13. The Labute approximate surface area is 185 Å². The van der Waals surface area contributed by atoms with E-state index in [1.54, 1.807) is 36.4 Å². The van der Waals surface area contributed by atoms with Gasteiger partial charge in [0.15, 0.2) is 0 Å². The monoisotopic (exact) mass is 429 g/mol. The number of aryl methyl sites for hydroxylation is 2. The molecule has 2 N–H and O–H groups in total. The molecular formula is C25H23N3O4. The number of hydrogen-bond donors (Lipinski definition) is 2. The SMILES string of the molecule is CC(=O)Nc1ccc(C2=C(Nc3cc(C)ccc3C)C(=O)N(Cc3ccco3)C2=O)cc1. The lowest BCUT2D eigenvalue weighted by Crippen LogP contribution is -2.31. The maximum atomic E-state index is 13.4. The summed E-state index contributed by atoms with van der Waals surface area (Å²) in [6.45, 7) is 5.36. The second-order valence-electron chi connectivity index (χ2n) is 7.73. The summed E-state index contributed by atoms with van der Waals surface area (Å²) in [4.78, 5) is 39.2. The fourth-order valence-electron chi connectivity index (χ4n) is 3.59. The minimum atomic E-state index is -0.423. The van der Waals surface area contributed by atoms with E-state index in [4.69, 9.17) is 4.42 Å². The Kier molecular flexibility index (Phi) is 5.64. The largest absolute Gasteiger partial charge is 0.467 e. The van der Waals surface area contributed by atoms with Crippen LogP contribution in [-0.2, 0) is 20.9 Å². The van der Waals surface area contributed by atoms with Gasteiger partial charge >= 0.3 is 0 Å². The number of nitrogens with one attached hydrogen (secondary N) is 2. The summed E-state index contributed by atoms with van der Waals surface area (Å²) in [6, 6.07) is 16.2. The molecule has 4 rings (SSSR count). The van der Waals surface area contributed by atoms with Crippen LogP contribution >= 0.6 is 0 Å². The van der Waals surface area contributed by atoms with E-state index >= 15 is 0 Å². The van der Waals surface area contributed by atoms with Gasteiger partial charge in [0.25, 0.3) is 11.8 Å². The maximum Gasteiger partial charge on any atom is 0.278 e. The average molecular weight is 429 g/mol. The molecule has 0 radical (unpaired) electrons. The van der Waals surface area contributed by atoms with Gasteiger partial charge in [0.2, 0.25) is 5.91 Å². The van der Waals surface area contributed by atoms with Crippen LogP contribution in [0.3, 0.4) is 0 Å². The first-order valence-electron chi connectivity index (χ1n) is 10.2. The van der Waals surface area contributed by atoms with E-state index in [2.05, 4.69) is 10.6 Å². The molecule has 0 fully saturated rings.